The molecule has 1 aliphatic heterocycles. The van der Waals surface area contributed by atoms with E-state index in [1.807, 2.05) is 6.07 Å². The van der Waals surface area contributed by atoms with Gasteiger partial charge in [0, 0.05) is 12.2 Å². The predicted octanol–water partition coefficient (Wildman–Crippen LogP) is 1.34. The number of benzene rings is 1. The zero-order valence-corrected chi connectivity index (χ0v) is 11.3. The molecule has 0 aromatic heterocycles. The summed E-state index contributed by atoms with van der Waals surface area (Å²) >= 11 is 0. The average molecular weight is 264 g/mol. The molecule has 96 valence electrons. The average Bonchev–Trinajstić information content (AvgIpc) is 2.74. The largest absolute Gasteiger partial charge is 0.384 e. The van der Waals surface area contributed by atoms with E-state index < -0.39 is 15.6 Å². The van der Waals surface area contributed by atoms with E-state index in [2.05, 4.69) is 16.0 Å². The first-order valence-electron chi connectivity index (χ1n) is 5.73. The standard InChI is InChI=1S/C13H16N2O2S/c1-4-13(2,3)15-18(16,17)11-6-5-10-7-8-14-12(10)9-11/h1,5-6,9,14-15H,7-8H2,2-3H3. The van der Waals surface area contributed by atoms with E-state index in [9.17, 15) is 8.42 Å². The molecule has 0 spiro atoms. The molecule has 1 aromatic carbocycles. The quantitative estimate of drug-likeness (QED) is 0.810. The van der Waals surface area contributed by atoms with E-state index in [1.54, 1.807) is 26.0 Å². The number of rotatable bonds is 3. The summed E-state index contributed by atoms with van der Waals surface area (Å²) in [5, 5.41) is 3.16. The summed E-state index contributed by atoms with van der Waals surface area (Å²) in [4.78, 5) is 0.235. The van der Waals surface area contributed by atoms with Crippen LogP contribution in [-0.4, -0.2) is 20.5 Å². The van der Waals surface area contributed by atoms with Crippen LogP contribution in [0.25, 0.3) is 0 Å². The van der Waals surface area contributed by atoms with Crippen LogP contribution >= 0.6 is 0 Å². The maximum absolute atomic E-state index is 12.2. The highest BCUT2D eigenvalue weighted by Gasteiger charge is 2.25. The Balaban J connectivity index is 2.34. The topological polar surface area (TPSA) is 58.2 Å². The van der Waals surface area contributed by atoms with Crippen molar-refractivity contribution in [3.8, 4) is 12.3 Å². The van der Waals surface area contributed by atoms with Crippen LogP contribution in [0.5, 0.6) is 0 Å². The molecule has 0 aliphatic carbocycles. The predicted molar refractivity (Wildman–Crippen MR) is 71.9 cm³/mol. The Morgan fingerprint density at radius 1 is 1.44 bits per heavy atom. The van der Waals surface area contributed by atoms with E-state index >= 15 is 0 Å². The fourth-order valence-electron chi connectivity index (χ4n) is 1.86. The van der Waals surface area contributed by atoms with Crippen LogP contribution in [0.2, 0.25) is 0 Å². The summed E-state index contributed by atoms with van der Waals surface area (Å²) in [7, 11) is -3.58. The van der Waals surface area contributed by atoms with Crippen molar-refractivity contribution < 1.29 is 8.42 Å². The Kier molecular flexibility index (Phi) is 3.09. The number of terminal acetylenes is 1. The van der Waals surface area contributed by atoms with Crippen molar-refractivity contribution in [3.63, 3.8) is 0 Å². The zero-order chi connectivity index (χ0) is 13.4. The maximum atomic E-state index is 12.2. The molecule has 0 saturated heterocycles. The molecule has 0 amide bonds. The van der Waals surface area contributed by atoms with Crippen molar-refractivity contribution in [2.45, 2.75) is 30.7 Å². The van der Waals surface area contributed by atoms with Gasteiger partial charge in [-0.15, -0.1) is 6.42 Å². The molecule has 1 aliphatic rings. The number of hydrogen-bond donors (Lipinski definition) is 2. The molecular weight excluding hydrogens is 248 g/mol. The second-order valence-electron chi connectivity index (χ2n) is 4.87. The second-order valence-corrected chi connectivity index (χ2v) is 6.55. The molecule has 2 N–H and O–H groups in total. The van der Waals surface area contributed by atoms with Crippen LogP contribution in [0.1, 0.15) is 19.4 Å². The third kappa shape index (κ3) is 2.50. The van der Waals surface area contributed by atoms with Gasteiger partial charge in [0.05, 0.1) is 10.4 Å². The first kappa shape index (κ1) is 12.9. The Bertz CT molecular complexity index is 612. The maximum Gasteiger partial charge on any atom is 0.241 e. The van der Waals surface area contributed by atoms with Crippen molar-refractivity contribution in [2.24, 2.45) is 0 Å². The SMILES string of the molecule is C#CC(C)(C)NS(=O)(=O)c1ccc2c(c1)NCC2. The van der Waals surface area contributed by atoms with Gasteiger partial charge in [0.2, 0.25) is 10.0 Å². The van der Waals surface area contributed by atoms with Crippen molar-refractivity contribution >= 4 is 15.7 Å². The number of nitrogens with one attached hydrogen (secondary N) is 2. The molecule has 1 heterocycles. The Labute approximate surface area is 108 Å². The van der Waals surface area contributed by atoms with E-state index in [0.29, 0.717) is 0 Å². The molecule has 18 heavy (non-hydrogen) atoms. The lowest BCUT2D eigenvalue weighted by Crippen LogP contribution is -2.41. The summed E-state index contributed by atoms with van der Waals surface area (Å²) in [5.74, 6) is 2.41. The van der Waals surface area contributed by atoms with E-state index in [-0.39, 0.29) is 4.90 Å². The number of anilines is 1. The second kappa shape index (κ2) is 4.30. The van der Waals surface area contributed by atoms with Gasteiger partial charge < -0.3 is 5.32 Å². The van der Waals surface area contributed by atoms with Crippen LogP contribution in [0.4, 0.5) is 5.69 Å². The van der Waals surface area contributed by atoms with Gasteiger partial charge in [0.15, 0.2) is 0 Å². The van der Waals surface area contributed by atoms with Crippen LogP contribution in [0.3, 0.4) is 0 Å². The van der Waals surface area contributed by atoms with Crippen LogP contribution in [0.15, 0.2) is 23.1 Å². The van der Waals surface area contributed by atoms with Gasteiger partial charge in [-0.1, -0.05) is 12.0 Å². The normalized spacial score (nSPS) is 14.7. The van der Waals surface area contributed by atoms with E-state index in [4.69, 9.17) is 6.42 Å². The molecule has 0 unspecified atom stereocenters. The number of fused-ring (bicyclic) bond motifs is 1. The first-order chi connectivity index (χ1) is 8.34. The third-order valence-electron chi connectivity index (χ3n) is 2.85. The van der Waals surface area contributed by atoms with Crippen molar-refractivity contribution in [1.29, 1.82) is 0 Å². The Hall–Kier alpha value is -1.51. The first-order valence-corrected chi connectivity index (χ1v) is 7.21. The highest BCUT2D eigenvalue weighted by Crippen LogP contribution is 2.25. The van der Waals surface area contributed by atoms with Crippen molar-refractivity contribution in [3.05, 3.63) is 23.8 Å². The fourth-order valence-corrected chi connectivity index (χ4v) is 3.23. The minimum absolute atomic E-state index is 0.235. The lowest BCUT2D eigenvalue weighted by molar-refractivity contribution is 0.539. The summed E-state index contributed by atoms with van der Waals surface area (Å²) in [6, 6.07) is 5.10. The lowest BCUT2D eigenvalue weighted by atomic mass is 10.1. The van der Waals surface area contributed by atoms with Crippen molar-refractivity contribution in [1.82, 2.24) is 4.72 Å². The van der Waals surface area contributed by atoms with Gasteiger partial charge in [-0.3, -0.25) is 0 Å². The fraction of sp³-hybridized carbons (Fsp3) is 0.385. The van der Waals surface area contributed by atoms with E-state index in [0.717, 1.165) is 24.2 Å². The smallest absolute Gasteiger partial charge is 0.241 e. The highest BCUT2D eigenvalue weighted by molar-refractivity contribution is 7.89. The molecule has 1 aromatic rings. The van der Waals surface area contributed by atoms with Crippen molar-refractivity contribution in [2.75, 3.05) is 11.9 Å². The minimum Gasteiger partial charge on any atom is -0.384 e. The lowest BCUT2D eigenvalue weighted by Gasteiger charge is -2.19. The zero-order valence-electron chi connectivity index (χ0n) is 10.4. The number of sulfonamides is 1. The van der Waals surface area contributed by atoms with Crippen LogP contribution in [-0.2, 0) is 16.4 Å². The molecule has 0 bridgehead atoms. The molecule has 2 rings (SSSR count). The summed E-state index contributed by atoms with van der Waals surface area (Å²) < 4.78 is 26.8. The van der Waals surface area contributed by atoms with Gasteiger partial charge in [-0.2, -0.15) is 4.72 Å². The summed E-state index contributed by atoms with van der Waals surface area (Å²) in [5.41, 5.74) is 1.13. The molecule has 0 fully saturated rings. The van der Waals surface area contributed by atoms with Gasteiger partial charge >= 0.3 is 0 Å². The minimum atomic E-state index is -3.58. The Morgan fingerprint density at radius 3 is 2.83 bits per heavy atom. The summed E-state index contributed by atoms with van der Waals surface area (Å²) in [6.07, 6.45) is 6.22. The molecule has 0 atom stereocenters. The van der Waals surface area contributed by atoms with Gasteiger partial charge in [-0.05, 0) is 38.0 Å². The molecule has 4 nitrogen and oxygen atoms in total. The van der Waals surface area contributed by atoms with Gasteiger partial charge in [-0.25, -0.2) is 8.42 Å². The molecule has 5 heteroatoms. The van der Waals surface area contributed by atoms with Gasteiger partial charge in [0.1, 0.15) is 0 Å². The third-order valence-corrected chi connectivity index (χ3v) is 4.51. The van der Waals surface area contributed by atoms with Crippen LogP contribution < -0.4 is 10.0 Å². The molecular formula is C13H16N2O2S. The monoisotopic (exact) mass is 264 g/mol. The highest BCUT2D eigenvalue weighted by atomic mass is 32.2. The van der Waals surface area contributed by atoms with Gasteiger partial charge in [0.25, 0.3) is 0 Å². The van der Waals surface area contributed by atoms with E-state index in [1.165, 1.54) is 0 Å². The number of hydrogen-bond acceptors (Lipinski definition) is 3. The summed E-state index contributed by atoms with van der Waals surface area (Å²) in [6.45, 7) is 4.15. The molecule has 0 saturated carbocycles. The van der Waals surface area contributed by atoms with Crippen LogP contribution in [0, 0.1) is 12.3 Å². The Morgan fingerprint density at radius 2 is 2.17 bits per heavy atom. The molecule has 0 radical (unpaired) electrons.